The van der Waals surface area contributed by atoms with Crippen molar-refractivity contribution in [2.75, 3.05) is 19.8 Å². The smallest absolute Gasteiger partial charge is 0.0508 e. The van der Waals surface area contributed by atoms with Crippen LogP contribution in [0.1, 0.15) is 33.6 Å². The monoisotopic (exact) mass is 185 g/mol. The molecule has 0 spiro atoms. The molecule has 1 aliphatic rings. The summed E-state index contributed by atoms with van der Waals surface area (Å²) in [6.45, 7) is 9.49. The minimum atomic E-state index is 0.681. The zero-order valence-electron chi connectivity index (χ0n) is 9.18. The predicted molar refractivity (Wildman–Crippen MR) is 55.8 cm³/mol. The van der Waals surface area contributed by atoms with Crippen LogP contribution >= 0.6 is 0 Å². The van der Waals surface area contributed by atoms with Gasteiger partial charge < -0.3 is 10.1 Å². The minimum absolute atomic E-state index is 0.681. The fraction of sp³-hybridized carbons (Fsp3) is 1.00. The molecular formula is C11H23NO. The first-order valence-electron chi connectivity index (χ1n) is 5.55. The zero-order chi connectivity index (χ0) is 9.68. The summed E-state index contributed by atoms with van der Waals surface area (Å²) in [6.07, 6.45) is 2.75. The van der Waals surface area contributed by atoms with Gasteiger partial charge in [-0.15, -0.1) is 0 Å². The topological polar surface area (TPSA) is 21.3 Å². The average Bonchev–Trinajstić information content (AvgIpc) is 2.87. The molecule has 2 heteroatoms. The van der Waals surface area contributed by atoms with Crippen LogP contribution in [-0.2, 0) is 4.74 Å². The van der Waals surface area contributed by atoms with Crippen LogP contribution in [0.25, 0.3) is 0 Å². The van der Waals surface area contributed by atoms with Crippen LogP contribution in [0.5, 0.6) is 0 Å². The molecule has 0 heterocycles. The molecule has 1 aliphatic carbocycles. The molecule has 1 fully saturated rings. The van der Waals surface area contributed by atoms with Gasteiger partial charge in [0.05, 0.1) is 6.61 Å². The quantitative estimate of drug-likeness (QED) is 0.655. The summed E-state index contributed by atoms with van der Waals surface area (Å²) in [4.78, 5) is 0. The minimum Gasteiger partial charge on any atom is -0.381 e. The SMILES string of the molecule is CCOCC(CNC1CC1)C(C)C. The number of hydrogen-bond acceptors (Lipinski definition) is 2. The van der Waals surface area contributed by atoms with Crippen molar-refractivity contribution in [1.82, 2.24) is 5.32 Å². The van der Waals surface area contributed by atoms with E-state index in [1.807, 2.05) is 0 Å². The molecule has 0 bridgehead atoms. The third-order valence-corrected chi connectivity index (χ3v) is 2.72. The number of ether oxygens (including phenoxy) is 1. The van der Waals surface area contributed by atoms with Crippen LogP contribution in [0.4, 0.5) is 0 Å². The second-order valence-corrected chi connectivity index (χ2v) is 4.35. The van der Waals surface area contributed by atoms with Gasteiger partial charge >= 0.3 is 0 Å². The molecule has 1 rings (SSSR count). The van der Waals surface area contributed by atoms with Crippen LogP contribution in [0.2, 0.25) is 0 Å². The number of hydrogen-bond donors (Lipinski definition) is 1. The van der Waals surface area contributed by atoms with Gasteiger partial charge in [0, 0.05) is 19.2 Å². The van der Waals surface area contributed by atoms with Crippen molar-refractivity contribution >= 4 is 0 Å². The van der Waals surface area contributed by atoms with Crippen molar-refractivity contribution < 1.29 is 4.74 Å². The van der Waals surface area contributed by atoms with Gasteiger partial charge in [0.25, 0.3) is 0 Å². The van der Waals surface area contributed by atoms with E-state index >= 15 is 0 Å². The molecule has 0 radical (unpaired) electrons. The molecule has 1 saturated carbocycles. The highest BCUT2D eigenvalue weighted by atomic mass is 16.5. The van der Waals surface area contributed by atoms with Gasteiger partial charge in [0.2, 0.25) is 0 Å². The molecule has 0 aromatic heterocycles. The zero-order valence-corrected chi connectivity index (χ0v) is 9.18. The van der Waals surface area contributed by atoms with E-state index < -0.39 is 0 Å². The number of rotatable bonds is 7. The fourth-order valence-corrected chi connectivity index (χ4v) is 1.36. The van der Waals surface area contributed by atoms with Crippen molar-refractivity contribution in [3.8, 4) is 0 Å². The average molecular weight is 185 g/mol. The van der Waals surface area contributed by atoms with Gasteiger partial charge in [-0.25, -0.2) is 0 Å². The molecule has 0 aromatic rings. The predicted octanol–water partition coefficient (Wildman–Crippen LogP) is 2.05. The maximum absolute atomic E-state index is 5.47. The third kappa shape index (κ3) is 4.63. The first-order chi connectivity index (χ1) is 6.24. The van der Waals surface area contributed by atoms with Gasteiger partial charge in [-0.2, -0.15) is 0 Å². The molecule has 1 unspecified atom stereocenters. The van der Waals surface area contributed by atoms with E-state index in [4.69, 9.17) is 4.74 Å². The molecule has 13 heavy (non-hydrogen) atoms. The van der Waals surface area contributed by atoms with Gasteiger partial charge in [-0.3, -0.25) is 0 Å². The second-order valence-electron chi connectivity index (χ2n) is 4.35. The molecule has 0 amide bonds. The first-order valence-corrected chi connectivity index (χ1v) is 5.55. The van der Waals surface area contributed by atoms with Crippen LogP contribution in [0.3, 0.4) is 0 Å². The number of nitrogens with one attached hydrogen (secondary N) is 1. The van der Waals surface area contributed by atoms with Crippen LogP contribution < -0.4 is 5.32 Å². The lowest BCUT2D eigenvalue weighted by Gasteiger charge is -2.20. The molecule has 2 nitrogen and oxygen atoms in total. The van der Waals surface area contributed by atoms with Gasteiger partial charge in [-0.05, 0) is 31.6 Å². The van der Waals surface area contributed by atoms with Crippen molar-refractivity contribution in [2.24, 2.45) is 11.8 Å². The Morgan fingerprint density at radius 3 is 2.54 bits per heavy atom. The van der Waals surface area contributed by atoms with E-state index in [1.54, 1.807) is 0 Å². The Labute approximate surface area is 82.0 Å². The van der Waals surface area contributed by atoms with Crippen molar-refractivity contribution in [1.29, 1.82) is 0 Å². The molecule has 1 N–H and O–H groups in total. The maximum atomic E-state index is 5.47. The highest BCUT2D eigenvalue weighted by Gasteiger charge is 2.22. The molecule has 0 saturated heterocycles. The Kier molecular flexibility index (Phi) is 4.74. The Hall–Kier alpha value is -0.0800. The summed E-state index contributed by atoms with van der Waals surface area (Å²) in [7, 11) is 0. The van der Waals surface area contributed by atoms with E-state index in [0.29, 0.717) is 5.92 Å². The van der Waals surface area contributed by atoms with E-state index in [0.717, 1.165) is 31.7 Å². The Balaban J connectivity index is 2.11. The van der Waals surface area contributed by atoms with Gasteiger partial charge in [0.1, 0.15) is 0 Å². The highest BCUT2D eigenvalue weighted by molar-refractivity contribution is 4.82. The first kappa shape index (κ1) is 11.0. The van der Waals surface area contributed by atoms with Crippen LogP contribution in [0, 0.1) is 11.8 Å². The Morgan fingerprint density at radius 2 is 2.08 bits per heavy atom. The van der Waals surface area contributed by atoms with Crippen molar-refractivity contribution in [3.63, 3.8) is 0 Å². The summed E-state index contributed by atoms with van der Waals surface area (Å²) in [5.74, 6) is 1.40. The summed E-state index contributed by atoms with van der Waals surface area (Å²) in [5.41, 5.74) is 0. The Bertz CT molecular complexity index is 132. The summed E-state index contributed by atoms with van der Waals surface area (Å²) in [6, 6.07) is 0.822. The molecule has 0 aromatic carbocycles. The fourth-order valence-electron chi connectivity index (χ4n) is 1.36. The lowest BCUT2D eigenvalue weighted by Crippen LogP contribution is -2.30. The van der Waals surface area contributed by atoms with Crippen molar-refractivity contribution in [2.45, 2.75) is 39.7 Å². The lowest BCUT2D eigenvalue weighted by molar-refractivity contribution is 0.0919. The lowest BCUT2D eigenvalue weighted by atomic mass is 9.97. The van der Waals surface area contributed by atoms with E-state index in [2.05, 4.69) is 26.1 Å². The van der Waals surface area contributed by atoms with Crippen LogP contribution in [0.15, 0.2) is 0 Å². The summed E-state index contributed by atoms with van der Waals surface area (Å²) in [5, 5.41) is 3.57. The van der Waals surface area contributed by atoms with Crippen LogP contribution in [-0.4, -0.2) is 25.8 Å². The highest BCUT2D eigenvalue weighted by Crippen LogP contribution is 2.20. The summed E-state index contributed by atoms with van der Waals surface area (Å²) >= 11 is 0. The largest absolute Gasteiger partial charge is 0.381 e. The maximum Gasteiger partial charge on any atom is 0.0508 e. The molecule has 0 aliphatic heterocycles. The molecule has 78 valence electrons. The van der Waals surface area contributed by atoms with E-state index in [1.165, 1.54) is 12.8 Å². The van der Waals surface area contributed by atoms with Crippen molar-refractivity contribution in [3.05, 3.63) is 0 Å². The van der Waals surface area contributed by atoms with Gasteiger partial charge in [0.15, 0.2) is 0 Å². The van der Waals surface area contributed by atoms with Gasteiger partial charge in [-0.1, -0.05) is 13.8 Å². The second kappa shape index (κ2) is 5.61. The molecular weight excluding hydrogens is 162 g/mol. The Morgan fingerprint density at radius 1 is 1.38 bits per heavy atom. The molecule has 1 atom stereocenters. The summed E-state index contributed by atoms with van der Waals surface area (Å²) < 4.78 is 5.47. The standard InChI is InChI=1S/C11H23NO/c1-4-13-8-10(9(2)3)7-12-11-5-6-11/h9-12H,4-8H2,1-3H3. The van der Waals surface area contributed by atoms with E-state index in [-0.39, 0.29) is 0 Å². The normalized spacial score (nSPS) is 19.4. The third-order valence-electron chi connectivity index (χ3n) is 2.72. The van der Waals surface area contributed by atoms with E-state index in [9.17, 15) is 0 Å².